The van der Waals surface area contributed by atoms with Crippen molar-refractivity contribution >= 4 is 22.8 Å². The molecule has 1 saturated heterocycles. The smallest absolute Gasteiger partial charge is 0.168 e. The molecule has 6 heteroatoms. The van der Waals surface area contributed by atoms with E-state index in [9.17, 15) is 9.90 Å². The minimum absolute atomic E-state index is 0.0729. The van der Waals surface area contributed by atoms with Gasteiger partial charge in [-0.1, -0.05) is 86.5 Å². The molecule has 2 aliphatic rings. The molecule has 6 rings (SSSR count). The summed E-state index contributed by atoms with van der Waals surface area (Å²) in [5.41, 5.74) is 6.62. The van der Waals surface area contributed by atoms with Gasteiger partial charge in [-0.3, -0.25) is 9.69 Å². The van der Waals surface area contributed by atoms with Gasteiger partial charge in [-0.25, -0.2) is 4.98 Å². The number of carbonyl (C=O) groups excluding carboxylic acids is 1. The largest absolute Gasteiger partial charge is 0.389 e. The van der Waals surface area contributed by atoms with Gasteiger partial charge in [0.05, 0.1) is 17.7 Å². The summed E-state index contributed by atoms with van der Waals surface area (Å²) in [4.78, 5) is 22.5. The van der Waals surface area contributed by atoms with Crippen LogP contribution in [0, 0.1) is 5.92 Å². The van der Waals surface area contributed by atoms with Gasteiger partial charge in [0.1, 0.15) is 11.6 Å². The Morgan fingerprint density at radius 3 is 2.30 bits per heavy atom. The van der Waals surface area contributed by atoms with Gasteiger partial charge in [0.2, 0.25) is 0 Å². The molecule has 1 saturated carbocycles. The first-order valence-electron chi connectivity index (χ1n) is 16.2. The summed E-state index contributed by atoms with van der Waals surface area (Å²) in [5, 5.41) is 13.0. The van der Waals surface area contributed by atoms with Crippen molar-refractivity contribution in [2.45, 2.75) is 69.9 Å². The molecule has 0 radical (unpaired) electrons. The molecule has 3 aromatic carbocycles. The van der Waals surface area contributed by atoms with Crippen molar-refractivity contribution < 1.29 is 9.90 Å². The molecule has 5 nitrogen and oxygen atoms in total. The number of thiazole rings is 1. The van der Waals surface area contributed by atoms with Gasteiger partial charge in [-0.2, -0.15) is 0 Å². The first kappa shape index (κ1) is 30.7. The van der Waals surface area contributed by atoms with E-state index in [1.54, 1.807) is 11.3 Å². The molecule has 0 unspecified atom stereocenters. The zero-order valence-electron chi connectivity index (χ0n) is 26.1. The Morgan fingerprint density at radius 1 is 0.955 bits per heavy atom. The number of rotatable bonds is 10. The van der Waals surface area contributed by atoms with E-state index in [1.165, 1.54) is 42.5 Å². The normalized spacial score (nSPS) is 20.3. The number of piperidine rings is 1. The lowest BCUT2D eigenvalue weighted by Crippen LogP contribution is -2.48. The molecule has 0 bridgehead atoms. The molecule has 1 aliphatic heterocycles. The van der Waals surface area contributed by atoms with Crippen LogP contribution in [0.3, 0.4) is 0 Å². The summed E-state index contributed by atoms with van der Waals surface area (Å²) < 4.78 is 0. The van der Waals surface area contributed by atoms with Gasteiger partial charge in [0.15, 0.2) is 5.78 Å². The fourth-order valence-corrected chi connectivity index (χ4v) is 8.02. The fourth-order valence-electron chi connectivity index (χ4n) is 7.18. The number of nitrogens with zero attached hydrogens (tertiary/aromatic N) is 3. The van der Waals surface area contributed by atoms with Crippen molar-refractivity contribution in [2.24, 2.45) is 5.92 Å². The van der Waals surface area contributed by atoms with Gasteiger partial charge < -0.3 is 10.0 Å². The van der Waals surface area contributed by atoms with Gasteiger partial charge in [0.25, 0.3) is 0 Å². The Kier molecular flexibility index (Phi) is 9.60. The average molecular weight is 608 g/mol. The molecular formula is C38H45N3O2S. The molecular weight excluding hydrogens is 563 g/mol. The maximum atomic E-state index is 12.9. The molecule has 2 heterocycles. The standard InChI is InChI=1S/C38H45N3O2S/c1-28-8-12-30(13-9-28)31-14-10-29(11-15-31)24-40(2)34-18-16-32(17-19-34)35-27-44-37(39-35)25-41-22-20-38(21-23-41,36(43)26-42)33-6-4-3-5-7-33/h3-7,10-11,14-19,27-28,30,42H,8-9,12-13,20-26H2,1-2H3. The highest BCUT2D eigenvalue weighted by Crippen LogP contribution is 2.38. The van der Waals surface area contributed by atoms with Crippen LogP contribution in [0.2, 0.25) is 0 Å². The Balaban J connectivity index is 1.03. The van der Waals surface area contributed by atoms with Crippen molar-refractivity contribution in [1.82, 2.24) is 9.88 Å². The van der Waals surface area contributed by atoms with E-state index in [4.69, 9.17) is 4.98 Å². The SMILES string of the molecule is CC1CCC(c2ccc(CN(C)c3ccc(-c4csc(CN5CCC(C(=O)CO)(c6ccccc6)CC5)n4)cc3)cc2)CC1. The number of likely N-dealkylation sites (tertiary alicyclic amines) is 1. The lowest BCUT2D eigenvalue weighted by Gasteiger charge is -2.40. The molecule has 44 heavy (non-hydrogen) atoms. The number of hydrogen-bond acceptors (Lipinski definition) is 6. The minimum Gasteiger partial charge on any atom is -0.389 e. The number of benzene rings is 3. The molecule has 1 aliphatic carbocycles. The fraction of sp³-hybridized carbons (Fsp3) is 0.421. The summed E-state index contributed by atoms with van der Waals surface area (Å²) in [5.74, 6) is 1.55. The molecule has 230 valence electrons. The monoisotopic (exact) mass is 607 g/mol. The van der Waals surface area contributed by atoms with Crippen LogP contribution in [0.5, 0.6) is 0 Å². The highest BCUT2D eigenvalue weighted by Gasteiger charge is 2.42. The molecule has 2 fully saturated rings. The number of anilines is 1. The van der Waals surface area contributed by atoms with Crippen molar-refractivity contribution in [2.75, 3.05) is 31.6 Å². The van der Waals surface area contributed by atoms with Gasteiger partial charge in [-0.05, 0) is 79.4 Å². The van der Waals surface area contributed by atoms with E-state index in [0.717, 1.165) is 59.8 Å². The Bertz CT molecular complexity index is 1500. The summed E-state index contributed by atoms with van der Waals surface area (Å²) in [6, 6.07) is 28.0. The van der Waals surface area contributed by atoms with Crippen molar-refractivity contribution in [3.63, 3.8) is 0 Å². The third kappa shape index (κ3) is 6.83. The number of Topliss-reactive ketones (excluding diaryl/α,β-unsaturated/α-hetero) is 1. The lowest BCUT2D eigenvalue weighted by molar-refractivity contribution is -0.129. The van der Waals surface area contributed by atoms with Gasteiger partial charge in [-0.15, -0.1) is 11.3 Å². The molecule has 0 spiro atoms. The van der Waals surface area contributed by atoms with Crippen LogP contribution in [-0.4, -0.2) is 47.5 Å². The van der Waals surface area contributed by atoms with Crippen LogP contribution in [0.15, 0.2) is 84.2 Å². The summed E-state index contributed by atoms with van der Waals surface area (Å²) >= 11 is 1.70. The first-order valence-corrected chi connectivity index (χ1v) is 17.1. The maximum Gasteiger partial charge on any atom is 0.168 e. The third-order valence-electron chi connectivity index (χ3n) is 10.1. The molecule has 0 atom stereocenters. The van der Waals surface area contributed by atoms with Gasteiger partial charge in [0, 0.05) is 30.2 Å². The number of aromatic nitrogens is 1. The Morgan fingerprint density at radius 2 is 1.64 bits per heavy atom. The Hall–Kier alpha value is -3.32. The number of aliphatic hydroxyl groups is 1. The minimum atomic E-state index is -0.591. The highest BCUT2D eigenvalue weighted by atomic mass is 32.1. The topological polar surface area (TPSA) is 56.7 Å². The second-order valence-electron chi connectivity index (χ2n) is 13.0. The summed E-state index contributed by atoms with van der Waals surface area (Å²) in [6.45, 7) is 5.25. The van der Waals surface area contributed by atoms with E-state index in [0.29, 0.717) is 12.8 Å². The number of aliphatic hydroxyl groups excluding tert-OH is 1. The number of carbonyl (C=O) groups is 1. The van der Waals surface area contributed by atoms with Crippen LogP contribution >= 0.6 is 11.3 Å². The highest BCUT2D eigenvalue weighted by molar-refractivity contribution is 7.09. The quantitative estimate of drug-likeness (QED) is 0.199. The van der Waals surface area contributed by atoms with Crippen LogP contribution in [0.25, 0.3) is 11.3 Å². The molecule has 1 N–H and O–H groups in total. The van der Waals surface area contributed by atoms with Gasteiger partial charge >= 0.3 is 0 Å². The van der Waals surface area contributed by atoms with Crippen molar-refractivity contribution in [1.29, 1.82) is 0 Å². The van der Waals surface area contributed by atoms with E-state index >= 15 is 0 Å². The zero-order chi connectivity index (χ0) is 30.5. The third-order valence-corrected chi connectivity index (χ3v) is 10.9. The molecule has 1 aromatic heterocycles. The second-order valence-corrected chi connectivity index (χ2v) is 14.0. The van der Waals surface area contributed by atoms with Crippen LogP contribution in [0.1, 0.15) is 73.1 Å². The average Bonchev–Trinajstić information content (AvgIpc) is 3.54. The predicted octanol–water partition coefficient (Wildman–Crippen LogP) is 7.84. The number of ketones is 1. The van der Waals surface area contributed by atoms with E-state index in [2.05, 4.69) is 77.7 Å². The molecule has 4 aromatic rings. The maximum absolute atomic E-state index is 12.9. The van der Waals surface area contributed by atoms with E-state index in [1.807, 2.05) is 30.3 Å². The molecule has 0 amide bonds. The van der Waals surface area contributed by atoms with Crippen LogP contribution in [-0.2, 0) is 23.3 Å². The Labute approximate surface area is 266 Å². The zero-order valence-corrected chi connectivity index (χ0v) is 26.9. The van der Waals surface area contributed by atoms with E-state index in [-0.39, 0.29) is 5.78 Å². The summed E-state index contributed by atoms with van der Waals surface area (Å²) in [6.07, 6.45) is 6.80. The van der Waals surface area contributed by atoms with Crippen LogP contribution < -0.4 is 4.90 Å². The second kappa shape index (κ2) is 13.8. The van der Waals surface area contributed by atoms with Crippen molar-refractivity contribution in [3.05, 3.63) is 106 Å². The van der Waals surface area contributed by atoms with E-state index < -0.39 is 12.0 Å². The lowest BCUT2D eigenvalue weighted by atomic mass is 9.70. The predicted molar refractivity (Wildman–Crippen MR) is 181 cm³/mol. The first-order chi connectivity index (χ1) is 21.4. The summed E-state index contributed by atoms with van der Waals surface area (Å²) in [7, 11) is 2.16. The van der Waals surface area contributed by atoms with Crippen LogP contribution in [0.4, 0.5) is 5.69 Å². The number of hydrogen-bond donors (Lipinski definition) is 1. The van der Waals surface area contributed by atoms with Crippen molar-refractivity contribution in [3.8, 4) is 11.3 Å².